The van der Waals surface area contributed by atoms with Gasteiger partial charge in [0.05, 0.1) is 5.69 Å². The quantitative estimate of drug-likeness (QED) is 0.812. The van der Waals surface area contributed by atoms with Crippen LogP contribution in [0.25, 0.3) is 0 Å². The summed E-state index contributed by atoms with van der Waals surface area (Å²) in [6.07, 6.45) is 4.60. The van der Waals surface area contributed by atoms with Gasteiger partial charge in [0.15, 0.2) is 0 Å². The fourth-order valence-electron chi connectivity index (χ4n) is 2.06. The van der Waals surface area contributed by atoms with E-state index in [2.05, 4.69) is 24.5 Å². The highest BCUT2D eigenvalue weighted by molar-refractivity contribution is 7.09. The van der Waals surface area contributed by atoms with Gasteiger partial charge in [0.2, 0.25) is 0 Å². The van der Waals surface area contributed by atoms with Crippen LogP contribution in [-0.2, 0) is 16.9 Å². The standard InChI is InChI=1S/C13H22N2OS/c1-4-13(5-2,16-3)12-15-11(9-17-12)8-14-10-6-7-10/h9-10,14H,4-8H2,1-3H3. The first-order valence-corrected chi connectivity index (χ1v) is 7.35. The SMILES string of the molecule is CCC(CC)(OC)c1nc(CNC2CC2)cs1. The van der Waals surface area contributed by atoms with Gasteiger partial charge in [0.1, 0.15) is 10.6 Å². The van der Waals surface area contributed by atoms with Gasteiger partial charge in [0.25, 0.3) is 0 Å². The van der Waals surface area contributed by atoms with Crippen LogP contribution in [0.5, 0.6) is 0 Å². The summed E-state index contributed by atoms with van der Waals surface area (Å²) in [4.78, 5) is 4.73. The van der Waals surface area contributed by atoms with Crippen LogP contribution in [0.15, 0.2) is 5.38 Å². The van der Waals surface area contributed by atoms with Crippen molar-refractivity contribution in [1.82, 2.24) is 10.3 Å². The molecule has 1 aliphatic carbocycles. The molecule has 1 fully saturated rings. The first kappa shape index (κ1) is 13.0. The van der Waals surface area contributed by atoms with Gasteiger partial charge in [-0.2, -0.15) is 0 Å². The first-order chi connectivity index (χ1) is 8.24. The van der Waals surface area contributed by atoms with E-state index in [-0.39, 0.29) is 5.60 Å². The van der Waals surface area contributed by atoms with Gasteiger partial charge < -0.3 is 10.1 Å². The Bertz CT molecular complexity index is 348. The highest BCUT2D eigenvalue weighted by Crippen LogP contribution is 2.34. The summed E-state index contributed by atoms with van der Waals surface area (Å²) in [7, 11) is 1.79. The second-order valence-electron chi connectivity index (χ2n) is 4.70. The number of nitrogens with zero attached hydrogens (tertiary/aromatic N) is 1. The fourth-order valence-corrected chi connectivity index (χ4v) is 3.20. The van der Waals surface area contributed by atoms with Crippen LogP contribution < -0.4 is 5.32 Å². The molecule has 0 saturated heterocycles. The van der Waals surface area contributed by atoms with Gasteiger partial charge >= 0.3 is 0 Å². The summed E-state index contributed by atoms with van der Waals surface area (Å²) in [6.45, 7) is 5.22. The number of nitrogens with one attached hydrogen (secondary N) is 1. The Labute approximate surface area is 108 Å². The maximum Gasteiger partial charge on any atom is 0.125 e. The van der Waals surface area contributed by atoms with Crippen LogP contribution >= 0.6 is 11.3 Å². The lowest BCUT2D eigenvalue weighted by Crippen LogP contribution is -2.26. The van der Waals surface area contributed by atoms with Gasteiger partial charge in [-0.3, -0.25) is 0 Å². The molecule has 1 aromatic rings. The minimum Gasteiger partial charge on any atom is -0.371 e. The van der Waals surface area contributed by atoms with Gasteiger partial charge in [-0.25, -0.2) is 4.98 Å². The van der Waals surface area contributed by atoms with Crippen LogP contribution in [0, 0.1) is 0 Å². The molecular weight excluding hydrogens is 232 g/mol. The molecule has 0 spiro atoms. The Kier molecular flexibility index (Phi) is 4.17. The average Bonchev–Trinajstić information content (AvgIpc) is 3.08. The summed E-state index contributed by atoms with van der Waals surface area (Å²) in [5, 5.41) is 6.77. The van der Waals surface area contributed by atoms with Crippen molar-refractivity contribution < 1.29 is 4.74 Å². The minimum absolute atomic E-state index is 0.178. The molecule has 0 bridgehead atoms. The van der Waals surface area contributed by atoms with Gasteiger partial charge in [-0.1, -0.05) is 13.8 Å². The molecule has 1 saturated carbocycles. The Balaban J connectivity index is 2.03. The highest BCUT2D eigenvalue weighted by atomic mass is 32.1. The van der Waals surface area contributed by atoms with E-state index in [9.17, 15) is 0 Å². The zero-order chi connectivity index (χ0) is 12.3. The number of hydrogen-bond acceptors (Lipinski definition) is 4. The topological polar surface area (TPSA) is 34.1 Å². The highest BCUT2D eigenvalue weighted by Gasteiger charge is 2.31. The fraction of sp³-hybridized carbons (Fsp3) is 0.769. The van der Waals surface area contributed by atoms with E-state index in [1.807, 2.05) is 0 Å². The smallest absolute Gasteiger partial charge is 0.125 e. The van der Waals surface area contributed by atoms with Crippen molar-refractivity contribution >= 4 is 11.3 Å². The van der Waals surface area contributed by atoms with Crippen LogP contribution in [0.1, 0.15) is 50.2 Å². The second kappa shape index (κ2) is 5.46. The molecule has 4 heteroatoms. The van der Waals surface area contributed by atoms with Crippen molar-refractivity contribution in [2.75, 3.05) is 7.11 Å². The monoisotopic (exact) mass is 254 g/mol. The number of ether oxygens (including phenoxy) is 1. The molecule has 1 heterocycles. The van der Waals surface area contributed by atoms with Crippen LogP contribution in [0.2, 0.25) is 0 Å². The molecule has 0 amide bonds. The normalized spacial score (nSPS) is 16.4. The van der Waals surface area contributed by atoms with Gasteiger partial charge in [-0.15, -0.1) is 11.3 Å². The van der Waals surface area contributed by atoms with Crippen molar-refractivity contribution in [3.05, 3.63) is 16.1 Å². The zero-order valence-corrected chi connectivity index (χ0v) is 11.8. The lowest BCUT2D eigenvalue weighted by molar-refractivity contribution is -0.0219. The van der Waals surface area contributed by atoms with Gasteiger partial charge in [-0.05, 0) is 25.7 Å². The van der Waals surface area contributed by atoms with E-state index in [1.165, 1.54) is 12.8 Å². The molecule has 0 aliphatic heterocycles. The third-order valence-electron chi connectivity index (χ3n) is 3.62. The molecule has 0 radical (unpaired) electrons. The second-order valence-corrected chi connectivity index (χ2v) is 5.56. The van der Waals surface area contributed by atoms with E-state index in [0.29, 0.717) is 0 Å². The summed E-state index contributed by atoms with van der Waals surface area (Å²) in [6, 6.07) is 0.740. The van der Waals surface area contributed by atoms with Crippen molar-refractivity contribution in [3.8, 4) is 0 Å². The number of methoxy groups -OCH3 is 1. The predicted molar refractivity (Wildman–Crippen MR) is 71.2 cm³/mol. The molecular formula is C13H22N2OS. The lowest BCUT2D eigenvalue weighted by Gasteiger charge is -2.27. The third kappa shape index (κ3) is 2.87. The number of rotatable bonds is 7. The summed E-state index contributed by atoms with van der Waals surface area (Å²) < 4.78 is 5.70. The van der Waals surface area contributed by atoms with Crippen LogP contribution in [0.4, 0.5) is 0 Å². The molecule has 2 rings (SSSR count). The maximum absolute atomic E-state index is 5.70. The van der Waals surface area contributed by atoms with Crippen molar-refractivity contribution in [1.29, 1.82) is 0 Å². The molecule has 96 valence electrons. The Hall–Kier alpha value is -0.450. The first-order valence-electron chi connectivity index (χ1n) is 6.47. The van der Waals surface area contributed by atoms with E-state index in [0.717, 1.165) is 36.1 Å². The van der Waals surface area contributed by atoms with Crippen molar-refractivity contribution in [3.63, 3.8) is 0 Å². The Morgan fingerprint density at radius 3 is 2.71 bits per heavy atom. The number of hydrogen-bond donors (Lipinski definition) is 1. The zero-order valence-electron chi connectivity index (χ0n) is 11.0. The average molecular weight is 254 g/mol. The molecule has 1 aromatic heterocycles. The van der Waals surface area contributed by atoms with Crippen molar-refractivity contribution in [2.24, 2.45) is 0 Å². The van der Waals surface area contributed by atoms with Crippen LogP contribution in [-0.4, -0.2) is 18.1 Å². The largest absolute Gasteiger partial charge is 0.371 e. The Morgan fingerprint density at radius 1 is 1.47 bits per heavy atom. The molecule has 3 nitrogen and oxygen atoms in total. The van der Waals surface area contributed by atoms with E-state index in [4.69, 9.17) is 9.72 Å². The third-order valence-corrected chi connectivity index (χ3v) is 4.70. The predicted octanol–water partition coefficient (Wildman–Crippen LogP) is 3.06. The molecule has 0 atom stereocenters. The summed E-state index contributed by atoms with van der Waals surface area (Å²) in [5.41, 5.74) is 0.975. The minimum atomic E-state index is -0.178. The van der Waals surface area contributed by atoms with E-state index >= 15 is 0 Å². The summed E-state index contributed by atoms with van der Waals surface area (Å²) >= 11 is 1.73. The number of aromatic nitrogens is 1. The molecule has 1 N–H and O–H groups in total. The van der Waals surface area contributed by atoms with Crippen molar-refractivity contribution in [2.45, 2.75) is 57.7 Å². The van der Waals surface area contributed by atoms with E-state index < -0.39 is 0 Å². The van der Waals surface area contributed by atoms with Gasteiger partial charge in [0, 0.05) is 25.1 Å². The lowest BCUT2D eigenvalue weighted by atomic mass is 9.98. The van der Waals surface area contributed by atoms with E-state index in [1.54, 1.807) is 18.4 Å². The molecule has 17 heavy (non-hydrogen) atoms. The number of thiazole rings is 1. The molecule has 1 aliphatic rings. The summed E-state index contributed by atoms with van der Waals surface area (Å²) in [5.74, 6) is 0. The maximum atomic E-state index is 5.70. The Morgan fingerprint density at radius 2 is 2.18 bits per heavy atom. The molecule has 0 aromatic carbocycles. The van der Waals surface area contributed by atoms with Crippen LogP contribution in [0.3, 0.4) is 0 Å². The molecule has 0 unspecified atom stereocenters.